The molecule has 1 fully saturated rings. The summed E-state index contributed by atoms with van der Waals surface area (Å²) in [6, 6.07) is 9.13. The van der Waals surface area contributed by atoms with Crippen molar-refractivity contribution in [3.05, 3.63) is 59.2 Å². The molecule has 26 heavy (non-hydrogen) atoms. The van der Waals surface area contributed by atoms with E-state index in [0.29, 0.717) is 11.3 Å². The fourth-order valence-corrected chi connectivity index (χ4v) is 3.64. The van der Waals surface area contributed by atoms with Gasteiger partial charge in [0.15, 0.2) is 0 Å². The minimum absolute atomic E-state index is 0.253. The van der Waals surface area contributed by atoms with Gasteiger partial charge >= 0.3 is 0 Å². The Balaban J connectivity index is 0.000000294. The summed E-state index contributed by atoms with van der Waals surface area (Å²) in [4.78, 5) is 0. The van der Waals surface area contributed by atoms with E-state index in [2.05, 4.69) is 84.0 Å². The lowest BCUT2D eigenvalue weighted by molar-refractivity contribution is 0.589. The summed E-state index contributed by atoms with van der Waals surface area (Å²) >= 11 is 6.16. The third-order valence-corrected chi connectivity index (χ3v) is 5.68. The van der Waals surface area contributed by atoms with Crippen LogP contribution in [-0.4, -0.2) is 5.38 Å². The fraction of sp³-hybridized carbons (Fsp3) is 0.600. The lowest BCUT2D eigenvalue weighted by Gasteiger charge is -2.20. The van der Waals surface area contributed by atoms with Crippen LogP contribution < -0.4 is 0 Å². The highest BCUT2D eigenvalue weighted by molar-refractivity contribution is 6.20. The molecule has 1 aliphatic rings. The average Bonchev–Trinajstić information content (AvgIpc) is 3.05. The summed E-state index contributed by atoms with van der Waals surface area (Å²) in [6.45, 7) is 13.1. The van der Waals surface area contributed by atoms with E-state index in [9.17, 15) is 0 Å². The molecule has 1 aliphatic carbocycles. The van der Waals surface area contributed by atoms with E-state index in [1.165, 1.54) is 48.8 Å². The normalized spacial score (nSPS) is 21.0. The van der Waals surface area contributed by atoms with Crippen LogP contribution in [-0.2, 0) is 5.41 Å². The summed E-state index contributed by atoms with van der Waals surface area (Å²) in [6.07, 6.45) is 13.9. The maximum absolute atomic E-state index is 6.16. The number of hydrogen-bond donors (Lipinski definition) is 0. The molecule has 1 heteroatoms. The van der Waals surface area contributed by atoms with Crippen LogP contribution >= 0.6 is 11.6 Å². The zero-order valence-corrected chi connectivity index (χ0v) is 18.6. The van der Waals surface area contributed by atoms with Crippen LogP contribution in [0.2, 0.25) is 0 Å². The van der Waals surface area contributed by atoms with Gasteiger partial charge in [-0.15, -0.1) is 11.6 Å². The molecule has 146 valence electrons. The van der Waals surface area contributed by atoms with Gasteiger partial charge in [-0.3, -0.25) is 0 Å². The molecule has 0 bridgehead atoms. The zero-order valence-electron chi connectivity index (χ0n) is 17.8. The SMILES string of the molecule is C/C=C\CCC/C(C)=C/C.CC(C)(C)c1ccc(C2CCC(Cl)C2)cc1. The van der Waals surface area contributed by atoms with Crippen molar-refractivity contribution in [2.75, 3.05) is 0 Å². The third kappa shape index (κ3) is 8.58. The summed E-state index contributed by atoms with van der Waals surface area (Å²) in [7, 11) is 0. The van der Waals surface area contributed by atoms with Crippen LogP contribution in [0.4, 0.5) is 0 Å². The number of allylic oxidation sites excluding steroid dienone is 4. The molecule has 0 spiro atoms. The van der Waals surface area contributed by atoms with Crippen molar-refractivity contribution < 1.29 is 0 Å². The standard InChI is InChI=1S/C15H21Cl.C10H18/c1-15(2,3)13-7-4-11(5-8-13)12-6-9-14(16)10-12;1-4-6-7-8-9-10(3)5-2/h4-5,7-8,12,14H,6,9-10H2,1-3H3;4-6H,7-9H2,1-3H3/b;6-4-,10-5+. The van der Waals surface area contributed by atoms with Crippen LogP contribution in [0.5, 0.6) is 0 Å². The summed E-state index contributed by atoms with van der Waals surface area (Å²) in [5.74, 6) is 0.691. The molecular weight excluding hydrogens is 336 g/mol. The van der Waals surface area contributed by atoms with Gasteiger partial charge in [0.1, 0.15) is 0 Å². The first-order valence-electron chi connectivity index (χ1n) is 10.2. The molecule has 0 aromatic heterocycles. The number of hydrogen-bond acceptors (Lipinski definition) is 0. The summed E-state index contributed by atoms with van der Waals surface area (Å²) < 4.78 is 0. The number of alkyl halides is 1. The molecule has 0 radical (unpaired) electrons. The van der Waals surface area contributed by atoms with Crippen molar-refractivity contribution in [2.24, 2.45) is 0 Å². The van der Waals surface area contributed by atoms with Crippen molar-refractivity contribution in [3.63, 3.8) is 0 Å². The van der Waals surface area contributed by atoms with Crippen molar-refractivity contribution in [1.82, 2.24) is 0 Å². The Hall–Kier alpha value is -1.01. The summed E-state index contributed by atoms with van der Waals surface area (Å²) in [5.41, 5.74) is 4.64. The van der Waals surface area contributed by atoms with Crippen LogP contribution in [0.1, 0.15) is 97.1 Å². The monoisotopic (exact) mass is 374 g/mol. The van der Waals surface area contributed by atoms with Crippen LogP contribution in [0.25, 0.3) is 0 Å². The van der Waals surface area contributed by atoms with Crippen LogP contribution in [0, 0.1) is 0 Å². The second kappa shape index (κ2) is 11.7. The third-order valence-electron chi connectivity index (χ3n) is 5.29. The Labute approximate surface area is 167 Å². The molecule has 1 aromatic carbocycles. The second-order valence-corrected chi connectivity index (χ2v) is 9.19. The minimum Gasteiger partial charge on any atom is -0.123 e. The van der Waals surface area contributed by atoms with E-state index in [1.807, 2.05) is 0 Å². The molecule has 1 aromatic rings. The molecule has 2 unspecified atom stereocenters. The first-order valence-corrected chi connectivity index (χ1v) is 10.7. The van der Waals surface area contributed by atoms with Gasteiger partial charge < -0.3 is 0 Å². The summed E-state index contributed by atoms with van der Waals surface area (Å²) in [5, 5.41) is 0.396. The molecule has 0 saturated heterocycles. The predicted octanol–water partition coefficient (Wildman–Crippen LogP) is 8.56. The Morgan fingerprint density at radius 1 is 1.12 bits per heavy atom. The van der Waals surface area contributed by atoms with E-state index in [1.54, 1.807) is 0 Å². The molecule has 0 N–H and O–H groups in total. The molecule has 0 nitrogen and oxygen atoms in total. The maximum atomic E-state index is 6.16. The van der Waals surface area contributed by atoms with Gasteiger partial charge in [0.25, 0.3) is 0 Å². The number of benzene rings is 1. The van der Waals surface area contributed by atoms with E-state index in [0.717, 1.165) is 6.42 Å². The number of rotatable bonds is 5. The van der Waals surface area contributed by atoms with E-state index < -0.39 is 0 Å². The molecule has 0 amide bonds. The molecular formula is C25H39Cl. The van der Waals surface area contributed by atoms with Crippen LogP contribution in [0.3, 0.4) is 0 Å². The zero-order chi connectivity index (χ0) is 19.6. The predicted molar refractivity (Wildman–Crippen MR) is 119 cm³/mol. The maximum Gasteiger partial charge on any atom is 0.0342 e. The van der Waals surface area contributed by atoms with Gasteiger partial charge in [0.05, 0.1) is 0 Å². The highest BCUT2D eigenvalue weighted by Crippen LogP contribution is 2.37. The van der Waals surface area contributed by atoms with Crippen molar-refractivity contribution in [3.8, 4) is 0 Å². The fourth-order valence-electron chi connectivity index (χ4n) is 3.29. The van der Waals surface area contributed by atoms with Crippen molar-refractivity contribution in [1.29, 1.82) is 0 Å². The van der Waals surface area contributed by atoms with Gasteiger partial charge in [0, 0.05) is 5.38 Å². The highest BCUT2D eigenvalue weighted by Gasteiger charge is 2.24. The topological polar surface area (TPSA) is 0 Å². The lowest BCUT2D eigenvalue weighted by Crippen LogP contribution is -2.10. The second-order valence-electron chi connectivity index (χ2n) is 8.58. The van der Waals surface area contributed by atoms with E-state index >= 15 is 0 Å². The number of halogens is 1. The Bertz CT molecular complexity index is 557. The Morgan fingerprint density at radius 3 is 2.23 bits per heavy atom. The molecule has 0 aliphatic heterocycles. The van der Waals surface area contributed by atoms with Crippen LogP contribution in [0.15, 0.2) is 48.1 Å². The van der Waals surface area contributed by atoms with Gasteiger partial charge in [-0.2, -0.15) is 0 Å². The van der Waals surface area contributed by atoms with Gasteiger partial charge in [-0.05, 0) is 81.8 Å². The quantitative estimate of drug-likeness (QED) is 0.275. The molecule has 2 rings (SSSR count). The minimum atomic E-state index is 0.253. The van der Waals surface area contributed by atoms with E-state index in [-0.39, 0.29) is 5.41 Å². The molecule has 1 saturated carbocycles. The first kappa shape index (κ1) is 23.0. The van der Waals surface area contributed by atoms with Gasteiger partial charge in [-0.25, -0.2) is 0 Å². The van der Waals surface area contributed by atoms with Gasteiger partial charge in [-0.1, -0.05) is 68.8 Å². The Morgan fingerprint density at radius 2 is 1.77 bits per heavy atom. The Kier molecular flexibility index (Phi) is 10.3. The average molecular weight is 375 g/mol. The lowest BCUT2D eigenvalue weighted by atomic mass is 9.85. The van der Waals surface area contributed by atoms with Gasteiger partial charge in [0.2, 0.25) is 0 Å². The molecule has 2 atom stereocenters. The van der Waals surface area contributed by atoms with Crippen molar-refractivity contribution in [2.45, 2.75) is 96.8 Å². The highest BCUT2D eigenvalue weighted by atomic mass is 35.5. The number of unbranched alkanes of at least 4 members (excludes halogenated alkanes) is 1. The molecule has 0 heterocycles. The first-order chi connectivity index (χ1) is 12.3. The smallest absolute Gasteiger partial charge is 0.0342 e. The van der Waals surface area contributed by atoms with Crippen molar-refractivity contribution >= 4 is 11.6 Å². The largest absolute Gasteiger partial charge is 0.123 e. The van der Waals surface area contributed by atoms with E-state index in [4.69, 9.17) is 11.6 Å².